The van der Waals surface area contributed by atoms with Crippen LogP contribution >= 0.6 is 0 Å². The SMILES string of the molecule is COc1ccc(N)cc1CNC(=O)Cc1ccccc1. The molecule has 0 heterocycles. The van der Waals surface area contributed by atoms with Crippen molar-refractivity contribution in [2.75, 3.05) is 12.8 Å². The summed E-state index contributed by atoms with van der Waals surface area (Å²) in [6.45, 7) is 0.403. The number of anilines is 1. The van der Waals surface area contributed by atoms with Gasteiger partial charge in [0.15, 0.2) is 0 Å². The summed E-state index contributed by atoms with van der Waals surface area (Å²) < 4.78 is 5.24. The molecule has 0 atom stereocenters. The largest absolute Gasteiger partial charge is 0.496 e. The normalized spacial score (nSPS) is 10.1. The third kappa shape index (κ3) is 3.75. The number of methoxy groups -OCH3 is 1. The molecule has 104 valence electrons. The Morgan fingerprint density at radius 2 is 1.95 bits per heavy atom. The van der Waals surface area contributed by atoms with Crippen LogP contribution in [0.5, 0.6) is 5.75 Å². The predicted octanol–water partition coefficient (Wildman–Crippen LogP) is 2.14. The topological polar surface area (TPSA) is 64.3 Å². The van der Waals surface area contributed by atoms with E-state index in [-0.39, 0.29) is 5.91 Å². The van der Waals surface area contributed by atoms with E-state index in [9.17, 15) is 4.79 Å². The Morgan fingerprint density at radius 3 is 2.65 bits per heavy atom. The molecule has 3 N–H and O–H groups in total. The van der Waals surface area contributed by atoms with E-state index in [1.165, 1.54) is 0 Å². The number of nitrogens with one attached hydrogen (secondary N) is 1. The minimum atomic E-state index is -0.0272. The zero-order valence-electron chi connectivity index (χ0n) is 11.4. The van der Waals surface area contributed by atoms with Crippen molar-refractivity contribution in [1.82, 2.24) is 5.32 Å². The number of amides is 1. The molecule has 1 amide bonds. The first-order valence-electron chi connectivity index (χ1n) is 6.42. The highest BCUT2D eigenvalue weighted by Crippen LogP contribution is 2.20. The average Bonchev–Trinajstić information content (AvgIpc) is 2.46. The number of hydrogen-bond acceptors (Lipinski definition) is 3. The summed E-state index contributed by atoms with van der Waals surface area (Å²) in [6, 6.07) is 15.0. The second-order valence-corrected chi connectivity index (χ2v) is 4.51. The Balaban J connectivity index is 1.95. The fourth-order valence-electron chi connectivity index (χ4n) is 1.97. The molecule has 0 unspecified atom stereocenters. The van der Waals surface area contributed by atoms with Crippen molar-refractivity contribution in [1.29, 1.82) is 0 Å². The maximum Gasteiger partial charge on any atom is 0.224 e. The molecular weight excluding hydrogens is 252 g/mol. The van der Waals surface area contributed by atoms with Crippen molar-refractivity contribution >= 4 is 11.6 Å². The lowest BCUT2D eigenvalue weighted by Gasteiger charge is -2.10. The first kappa shape index (κ1) is 13.9. The summed E-state index contributed by atoms with van der Waals surface area (Å²) in [7, 11) is 1.60. The smallest absolute Gasteiger partial charge is 0.224 e. The van der Waals surface area contributed by atoms with Crippen LogP contribution in [-0.2, 0) is 17.8 Å². The van der Waals surface area contributed by atoms with Crippen molar-refractivity contribution in [2.45, 2.75) is 13.0 Å². The van der Waals surface area contributed by atoms with Crippen LogP contribution in [0.15, 0.2) is 48.5 Å². The summed E-state index contributed by atoms with van der Waals surface area (Å²) in [6.07, 6.45) is 0.367. The molecule has 0 aliphatic heterocycles. The third-order valence-electron chi connectivity index (χ3n) is 2.99. The highest BCUT2D eigenvalue weighted by Gasteiger charge is 2.07. The van der Waals surface area contributed by atoms with Gasteiger partial charge in [-0.25, -0.2) is 0 Å². The Kier molecular flexibility index (Phi) is 4.60. The van der Waals surface area contributed by atoms with Crippen molar-refractivity contribution in [2.24, 2.45) is 0 Å². The van der Waals surface area contributed by atoms with Gasteiger partial charge in [-0.1, -0.05) is 30.3 Å². The van der Waals surface area contributed by atoms with Gasteiger partial charge in [-0.2, -0.15) is 0 Å². The number of ether oxygens (including phenoxy) is 1. The minimum Gasteiger partial charge on any atom is -0.496 e. The monoisotopic (exact) mass is 270 g/mol. The molecule has 2 aromatic carbocycles. The molecule has 4 heteroatoms. The third-order valence-corrected chi connectivity index (χ3v) is 2.99. The molecule has 20 heavy (non-hydrogen) atoms. The van der Waals surface area contributed by atoms with Gasteiger partial charge >= 0.3 is 0 Å². The number of benzene rings is 2. The molecule has 0 saturated heterocycles. The lowest BCUT2D eigenvalue weighted by Crippen LogP contribution is -2.24. The molecular formula is C16H18N2O2. The Bertz CT molecular complexity index is 582. The van der Waals surface area contributed by atoms with Gasteiger partial charge in [0.2, 0.25) is 5.91 Å². The number of carbonyl (C=O) groups is 1. The fourth-order valence-corrected chi connectivity index (χ4v) is 1.97. The Hall–Kier alpha value is -2.49. The molecule has 0 spiro atoms. The lowest BCUT2D eigenvalue weighted by atomic mass is 10.1. The van der Waals surface area contributed by atoms with E-state index in [4.69, 9.17) is 10.5 Å². The van der Waals surface area contributed by atoms with E-state index in [1.54, 1.807) is 19.2 Å². The van der Waals surface area contributed by atoms with E-state index >= 15 is 0 Å². The summed E-state index contributed by atoms with van der Waals surface area (Å²) in [5.74, 6) is 0.694. The Labute approximate surface area is 118 Å². The molecule has 0 aromatic heterocycles. The van der Waals surface area contributed by atoms with E-state index in [1.807, 2.05) is 36.4 Å². The highest BCUT2D eigenvalue weighted by atomic mass is 16.5. The zero-order chi connectivity index (χ0) is 14.4. The van der Waals surface area contributed by atoms with Crippen molar-refractivity contribution in [3.63, 3.8) is 0 Å². The van der Waals surface area contributed by atoms with Crippen LogP contribution in [0, 0.1) is 0 Å². The maximum absolute atomic E-state index is 11.9. The molecule has 0 aliphatic carbocycles. The van der Waals surface area contributed by atoms with Gasteiger partial charge in [0, 0.05) is 17.8 Å². The minimum absolute atomic E-state index is 0.0272. The van der Waals surface area contributed by atoms with Gasteiger partial charge in [0.25, 0.3) is 0 Å². The Morgan fingerprint density at radius 1 is 1.20 bits per heavy atom. The quantitative estimate of drug-likeness (QED) is 0.818. The van der Waals surface area contributed by atoms with E-state index < -0.39 is 0 Å². The molecule has 0 saturated carbocycles. The number of hydrogen-bond donors (Lipinski definition) is 2. The highest BCUT2D eigenvalue weighted by molar-refractivity contribution is 5.78. The van der Waals surface area contributed by atoms with Crippen LogP contribution in [0.3, 0.4) is 0 Å². The maximum atomic E-state index is 11.9. The van der Waals surface area contributed by atoms with E-state index in [0.717, 1.165) is 16.9 Å². The second kappa shape index (κ2) is 6.61. The molecule has 0 radical (unpaired) electrons. The molecule has 0 aliphatic rings. The number of rotatable bonds is 5. The van der Waals surface area contributed by atoms with Crippen LogP contribution in [0.1, 0.15) is 11.1 Å². The number of nitrogens with two attached hydrogens (primary N) is 1. The summed E-state index contributed by atoms with van der Waals surface area (Å²) in [5, 5.41) is 2.87. The summed E-state index contributed by atoms with van der Waals surface area (Å²) >= 11 is 0. The van der Waals surface area contributed by atoms with Gasteiger partial charge in [-0.15, -0.1) is 0 Å². The number of carbonyl (C=O) groups excluding carboxylic acids is 1. The molecule has 4 nitrogen and oxygen atoms in total. The van der Waals surface area contributed by atoms with Crippen molar-refractivity contribution < 1.29 is 9.53 Å². The van der Waals surface area contributed by atoms with Crippen LogP contribution < -0.4 is 15.8 Å². The molecule has 2 rings (SSSR count). The second-order valence-electron chi connectivity index (χ2n) is 4.51. The van der Waals surface area contributed by atoms with E-state index in [0.29, 0.717) is 18.7 Å². The van der Waals surface area contributed by atoms with Crippen molar-refractivity contribution in [3.05, 3.63) is 59.7 Å². The van der Waals surface area contributed by atoms with Crippen LogP contribution in [0.25, 0.3) is 0 Å². The average molecular weight is 270 g/mol. The molecule has 0 fully saturated rings. The predicted molar refractivity (Wildman–Crippen MR) is 79.4 cm³/mol. The molecule has 0 bridgehead atoms. The van der Waals surface area contributed by atoms with Gasteiger partial charge in [0.05, 0.1) is 13.5 Å². The first-order valence-corrected chi connectivity index (χ1v) is 6.42. The fraction of sp³-hybridized carbons (Fsp3) is 0.188. The van der Waals surface area contributed by atoms with Crippen LogP contribution in [0.4, 0.5) is 5.69 Å². The number of nitrogen functional groups attached to an aromatic ring is 1. The standard InChI is InChI=1S/C16H18N2O2/c1-20-15-8-7-14(17)10-13(15)11-18-16(19)9-12-5-3-2-4-6-12/h2-8,10H,9,11,17H2,1H3,(H,18,19). The van der Waals surface area contributed by atoms with Gasteiger partial charge in [-0.05, 0) is 23.8 Å². The zero-order valence-corrected chi connectivity index (χ0v) is 11.4. The summed E-state index contributed by atoms with van der Waals surface area (Å²) in [4.78, 5) is 11.9. The lowest BCUT2D eigenvalue weighted by molar-refractivity contribution is -0.120. The van der Waals surface area contributed by atoms with E-state index in [2.05, 4.69) is 5.32 Å². The van der Waals surface area contributed by atoms with Crippen LogP contribution in [-0.4, -0.2) is 13.0 Å². The summed E-state index contributed by atoms with van der Waals surface area (Å²) in [5.41, 5.74) is 8.25. The van der Waals surface area contributed by atoms with Crippen LogP contribution in [0.2, 0.25) is 0 Å². The van der Waals surface area contributed by atoms with Gasteiger partial charge < -0.3 is 15.8 Å². The van der Waals surface area contributed by atoms with Gasteiger partial charge in [-0.3, -0.25) is 4.79 Å². The molecule has 2 aromatic rings. The first-order chi connectivity index (χ1) is 9.69. The van der Waals surface area contributed by atoms with Crippen molar-refractivity contribution in [3.8, 4) is 5.75 Å². The van der Waals surface area contributed by atoms with Gasteiger partial charge in [0.1, 0.15) is 5.75 Å².